The molecular weight excluding hydrogens is 262 g/mol. The van der Waals surface area contributed by atoms with Gasteiger partial charge in [-0.25, -0.2) is 4.68 Å². The van der Waals surface area contributed by atoms with Crippen LogP contribution in [0.4, 0.5) is 5.69 Å². The fourth-order valence-corrected chi connectivity index (χ4v) is 3.37. The first kappa shape index (κ1) is 14.0. The van der Waals surface area contributed by atoms with Crippen LogP contribution in [-0.4, -0.2) is 20.2 Å². The van der Waals surface area contributed by atoms with Gasteiger partial charge in [-0.1, -0.05) is 38.3 Å². The van der Waals surface area contributed by atoms with Crippen LogP contribution in [0.2, 0.25) is 0 Å². The monoisotopic (exact) mass is 285 g/mol. The van der Waals surface area contributed by atoms with E-state index in [-0.39, 0.29) is 0 Å². The van der Waals surface area contributed by atoms with Crippen LogP contribution in [0, 0.1) is 12.8 Å². The molecule has 112 valence electrons. The standard InChI is InChI=1S/C16H23N5/c1-3-12-6-4-7-13(10-12)21-16(18-19-20-21)14-8-5-9-15(17)11(14)2/h5,8-9,12-13H,3-4,6-7,10,17H2,1-2H3. The Labute approximate surface area is 125 Å². The van der Waals surface area contributed by atoms with Gasteiger partial charge in [-0.15, -0.1) is 5.10 Å². The molecule has 0 saturated heterocycles. The van der Waals surface area contributed by atoms with Crippen LogP contribution < -0.4 is 5.73 Å². The van der Waals surface area contributed by atoms with E-state index in [0.717, 1.165) is 35.0 Å². The minimum Gasteiger partial charge on any atom is -0.398 e. The number of nitrogens with two attached hydrogens (primary N) is 1. The summed E-state index contributed by atoms with van der Waals surface area (Å²) in [6.45, 7) is 4.30. The summed E-state index contributed by atoms with van der Waals surface area (Å²) in [5, 5.41) is 12.4. The lowest BCUT2D eigenvalue weighted by Crippen LogP contribution is -2.21. The van der Waals surface area contributed by atoms with Crippen molar-refractivity contribution in [1.82, 2.24) is 20.2 Å². The Balaban J connectivity index is 1.95. The number of hydrogen-bond acceptors (Lipinski definition) is 4. The molecule has 1 saturated carbocycles. The fourth-order valence-electron chi connectivity index (χ4n) is 3.37. The molecule has 2 unspecified atom stereocenters. The van der Waals surface area contributed by atoms with E-state index in [2.05, 4.69) is 22.4 Å². The third-order valence-corrected chi connectivity index (χ3v) is 4.79. The second kappa shape index (κ2) is 5.84. The minimum absolute atomic E-state index is 0.412. The number of anilines is 1. The lowest BCUT2D eigenvalue weighted by atomic mass is 9.84. The lowest BCUT2D eigenvalue weighted by Gasteiger charge is -2.28. The van der Waals surface area contributed by atoms with Gasteiger partial charge in [0.05, 0.1) is 6.04 Å². The Bertz CT molecular complexity index is 619. The van der Waals surface area contributed by atoms with Gasteiger partial charge in [-0.05, 0) is 47.7 Å². The molecule has 2 aromatic rings. The highest BCUT2D eigenvalue weighted by atomic mass is 15.5. The number of nitrogens with zero attached hydrogens (tertiary/aromatic N) is 4. The predicted molar refractivity (Wildman–Crippen MR) is 83.7 cm³/mol. The van der Waals surface area contributed by atoms with E-state index < -0.39 is 0 Å². The molecule has 21 heavy (non-hydrogen) atoms. The maximum Gasteiger partial charge on any atom is 0.182 e. The number of aromatic nitrogens is 4. The number of tetrazole rings is 1. The molecule has 1 aliphatic carbocycles. The van der Waals surface area contributed by atoms with Crippen LogP contribution in [0.25, 0.3) is 11.4 Å². The van der Waals surface area contributed by atoms with E-state index in [0.29, 0.717) is 6.04 Å². The number of rotatable bonds is 3. The molecule has 1 aliphatic rings. The van der Waals surface area contributed by atoms with E-state index in [9.17, 15) is 0 Å². The second-order valence-corrected chi connectivity index (χ2v) is 6.06. The summed E-state index contributed by atoms with van der Waals surface area (Å²) in [6.07, 6.45) is 6.18. The summed E-state index contributed by atoms with van der Waals surface area (Å²) >= 11 is 0. The SMILES string of the molecule is CCC1CCCC(n2nnnc2-c2cccc(N)c2C)C1. The Morgan fingerprint density at radius 2 is 2.19 bits per heavy atom. The summed E-state index contributed by atoms with van der Waals surface area (Å²) in [7, 11) is 0. The topological polar surface area (TPSA) is 69.6 Å². The Morgan fingerprint density at radius 3 is 3.00 bits per heavy atom. The van der Waals surface area contributed by atoms with Crippen molar-refractivity contribution in [3.05, 3.63) is 23.8 Å². The Morgan fingerprint density at radius 1 is 1.33 bits per heavy atom. The van der Waals surface area contributed by atoms with E-state index in [1.54, 1.807) is 0 Å². The zero-order chi connectivity index (χ0) is 14.8. The third kappa shape index (κ3) is 2.64. The molecule has 1 aromatic heterocycles. The molecule has 0 radical (unpaired) electrons. The number of benzene rings is 1. The zero-order valence-corrected chi connectivity index (χ0v) is 12.8. The summed E-state index contributed by atoms with van der Waals surface area (Å²) in [6, 6.07) is 6.34. The minimum atomic E-state index is 0.412. The molecule has 0 spiro atoms. The molecule has 0 aliphatic heterocycles. The van der Waals surface area contributed by atoms with Gasteiger partial charge >= 0.3 is 0 Å². The molecule has 1 heterocycles. The smallest absolute Gasteiger partial charge is 0.182 e. The summed E-state index contributed by atoms with van der Waals surface area (Å²) in [5.74, 6) is 1.64. The largest absolute Gasteiger partial charge is 0.398 e. The van der Waals surface area contributed by atoms with Crippen molar-refractivity contribution in [1.29, 1.82) is 0 Å². The molecular formula is C16H23N5. The van der Waals surface area contributed by atoms with Gasteiger partial charge < -0.3 is 5.73 Å². The predicted octanol–water partition coefficient (Wildman–Crippen LogP) is 3.37. The van der Waals surface area contributed by atoms with Gasteiger partial charge in [0.2, 0.25) is 0 Å². The van der Waals surface area contributed by atoms with E-state index in [1.807, 2.05) is 29.8 Å². The van der Waals surface area contributed by atoms with Crippen molar-refractivity contribution >= 4 is 5.69 Å². The van der Waals surface area contributed by atoms with Crippen LogP contribution >= 0.6 is 0 Å². The second-order valence-electron chi connectivity index (χ2n) is 6.06. The third-order valence-electron chi connectivity index (χ3n) is 4.79. The maximum atomic E-state index is 6.02. The first-order chi connectivity index (χ1) is 10.2. The van der Waals surface area contributed by atoms with Crippen LogP contribution in [0.3, 0.4) is 0 Å². The van der Waals surface area contributed by atoms with Crippen molar-refractivity contribution in [3.8, 4) is 11.4 Å². The summed E-state index contributed by atoms with van der Waals surface area (Å²) < 4.78 is 2.02. The Hall–Kier alpha value is -1.91. The molecule has 0 amide bonds. The highest BCUT2D eigenvalue weighted by Gasteiger charge is 2.26. The normalized spacial score (nSPS) is 22.4. The van der Waals surface area contributed by atoms with Crippen LogP contribution in [0.5, 0.6) is 0 Å². The Kier molecular flexibility index (Phi) is 3.90. The summed E-state index contributed by atoms with van der Waals surface area (Å²) in [5.41, 5.74) is 8.90. The van der Waals surface area contributed by atoms with Gasteiger partial charge in [0, 0.05) is 11.3 Å². The van der Waals surface area contributed by atoms with Crippen molar-refractivity contribution in [3.63, 3.8) is 0 Å². The highest BCUT2D eigenvalue weighted by Crippen LogP contribution is 2.36. The van der Waals surface area contributed by atoms with Crippen LogP contribution in [0.15, 0.2) is 18.2 Å². The van der Waals surface area contributed by atoms with Gasteiger partial charge in [-0.3, -0.25) is 0 Å². The number of hydrogen-bond donors (Lipinski definition) is 1. The quantitative estimate of drug-likeness (QED) is 0.878. The molecule has 5 nitrogen and oxygen atoms in total. The van der Waals surface area contributed by atoms with E-state index in [4.69, 9.17) is 5.73 Å². The van der Waals surface area contributed by atoms with Crippen LogP contribution in [0.1, 0.15) is 50.6 Å². The maximum absolute atomic E-state index is 6.02. The molecule has 1 fully saturated rings. The average molecular weight is 285 g/mol. The number of nitrogen functional groups attached to an aromatic ring is 1. The molecule has 5 heteroatoms. The van der Waals surface area contributed by atoms with Crippen LogP contribution in [-0.2, 0) is 0 Å². The highest BCUT2D eigenvalue weighted by molar-refractivity contribution is 5.67. The molecule has 2 N–H and O–H groups in total. The first-order valence-electron chi connectivity index (χ1n) is 7.84. The first-order valence-corrected chi connectivity index (χ1v) is 7.84. The molecule has 2 atom stereocenters. The van der Waals surface area contributed by atoms with Crippen molar-refractivity contribution < 1.29 is 0 Å². The van der Waals surface area contributed by atoms with Crippen molar-refractivity contribution in [2.75, 3.05) is 5.73 Å². The molecule has 1 aromatic carbocycles. The fraction of sp³-hybridized carbons (Fsp3) is 0.562. The average Bonchev–Trinajstić information content (AvgIpc) is 2.99. The van der Waals surface area contributed by atoms with E-state index in [1.165, 1.54) is 25.7 Å². The molecule has 3 rings (SSSR count). The van der Waals surface area contributed by atoms with Gasteiger partial charge in [-0.2, -0.15) is 0 Å². The van der Waals surface area contributed by atoms with Gasteiger partial charge in [0.1, 0.15) is 0 Å². The summed E-state index contributed by atoms with van der Waals surface area (Å²) in [4.78, 5) is 0. The molecule has 0 bridgehead atoms. The van der Waals surface area contributed by atoms with Gasteiger partial charge in [0.15, 0.2) is 5.82 Å². The van der Waals surface area contributed by atoms with Gasteiger partial charge in [0.25, 0.3) is 0 Å². The van der Waals surface area contributed by atoms with Crippen molar-refractivity contribution in [2.45, 2.75) is 52.0 Å². The van der Waals surface area contributed by atoms with Crippen molar-refractivity contribution in [2.24, 2.45) is 5.92 Å². The van der Waals surface area contributed by atoms with E-state index >= 15 is 0 Å². The lowest BCUT2D eigenvalue weighted by molar-refractivity contribution is 0.246. The zero-order valence-electron chi connectivity index (χ0n) is 12.8.